The van der Waals surface area contributed by atoms with Gasteiger partial charge in [0.05, 0.1) is 18.2 Å². The molecule has 1 aromatic carbocycles. The number of nitrogens with zero attached hydrogens (tertiary/aromatic N) is 2. The first kappa shape index (κ1) is 14.5. The van der Waals surface area contributed by atoms with Gasteiger partial charge in [-0.1, -0.05) is 17.7 Å². The van der Waals surface area contributed by atoms with Gasteiger partial charge >= 0.3 is 0 Å². The van der Waals surface area contributed by atoms with Crippen molar-refractivity contribution in [1.29, 1.82) is 5.26 Å². The maximum Gasteiger partial charge on any atom is 0.231 e. The lowest BCUT2D eigenvalue weighted by molar-refractivity contribution is -0.119. The van der Waals surface area contributed by atoms with Gasteiger partial charge in [0.2, 0.25) is 5.91 Å². The van der Waals surface area contributed by atoms with Gasteiger partial charge in [0, 0.05) is 17.6 Å². The van der Waals surface area contributed by atoms with Crippen LogP contribution in [0.4, 0.5) is 0 Å². The van der Waals surface area contributed by atoms with Crippen molar-refractivity contribution < 1.29 is 4.79 Å². The summed E-state index contributed by atoms with van der Waals surface area (Å²) < 4.78 is 0. The van der Waals surface area contributed by atoms with Crippen molar-refractivity contribution in [3.05, 3.63) is 34.3 Å². The highest BCUT2D eigenvalue weighted by Crippen LogP contribution is 2.20. The summed E-state index contributed by atoms with van der Waals surface area (Å²) in [4.78, 5) is 12.9. The number of carbonyl (C=O) groups is 1. The summed E-state index contributed by atoms with van der Waals surface area (Å²) in [5, 5.41) is 9.29. The highest BCUT2D eigenvalue weighted by Gasteiger charge is 2.14. The maximum absolute atomic E-state index is 11.0. The Kier molecular flexibility index (Phi) is 5.14. The van der Waals surface area contributed by atoms with E-state index in [1.54, 1.807) is 18.2 Å². The van der Waals surface area contributed by atoms with E-state index in [1.807, 2.05) is 24.8 Å². The molecule has 1 rings (SSSR count). The van der Waals surface area contributed by atoms with Crippen LogP contribution in [0.15, 0.2) is 18.2 Å². The largest absolute Gasteiger partial charge is 0.369 e. The van der Waals surface area contributed by atoms with Crippen molar-refractivity contribution in [2.75, 3.05) is 6.54 Å². The predicted molar refractivity (Wildman–Crippen MR) is 70.9 cm³/mol. The third kappa shape index (κ3) is 4.02. The van der Waals surface area contributed by atoms with Crippen LogP contribution in [0.2, 0.25) is 5.02 Å². The van der Waals surface area contributed by atoms with Crippen LogP contribution in [0.5, 0.6) is 0 Å². The van der Waals surface area contributed by atoms with Gasteiger partial charge in [-0.05, 0) is 31.5 Å². The van der Waals surface area contributed by atoms with E-state index in [1.165, 1.54) is 0 Å². The molecule has 0 aliphatic heterocycles. The van der Waals surface area contributed by atoms with Crippen LogP contribution in [0.3, 0.4) is 0 Å². The lowest BCUT2D eigenvalue weighted by atomic mass is 10.1. The number of rotatable bonds is 5. The van der Waals surface area contributed by atoms with Crippen molar-refractivity contribution in [1.82, 2.24) is 4.90 Å². The molecule has 0 radical (unpaired) electrons. The first-order valence-corrected chi connectivity index (χ1v) is 6.02. The molecular weight excluding hydrogens is 250 g/mol. The second kappa shape index (κ2) is 6.39. The van der Waals surface area contributed by atoms with Gasteiger partial charge in [-0.2, -0.15) is 5.26 Å². The third-order valence-corrected chi connectivity index (χ3v) is 3.00. The number of nitriles is 1. The topological polar surface area (TPSA) is 70.1 Å². The minimum atomic E-state index is -0.367. The SMILES string of the molecule is CC(C)N(CC(N)=O)Cc1ccc(C#N)cc1Cl. The minimum absolute atomic E-state index is 0.184. The molecule has 0 bridgehead atoms. The van der Waals surface area contributed by atoms with Crippen LogP contribution >= 0.6 is 11.6 Å². The fourth-order valence-corrected chi connectivity index (χ4v) is 1.83. The monoisotopic (exact) mass is 265 g/mol. The van der Waals surface area contributed by atoms with Gasteiger partial charge in [0.1, 0.15) is 0 Å². The van der Waals surface area contributed by atoms with E-state index in [0.29, 0.717) is 17.1 Å². The van der Waals surface area contributed by atoms with E-state index in [0.717, 1.165) is 5.56 Å². The van der Waals surface area contributed by atoms with Crippen LogP contribution in [0.25, 0.3) is 0 Å². The molecule has 2 N–H and O–H groups in total. The van der Waals surface area contributed by atoms with Gasteiger partial charge < -0.3 is 5.73 Å². The molecule has 0 heterocycles. The Balaban J connectivity index is 2.87. The zero-order valence-corrected chi connectivity index (χ0v) is 11.2. The number of amides is 1. The number of halogens is 1. The molecule has 96 valence electrons. The van der Waals surface area contributed by atoms with Crippen molar-refractivity contribution in [2.45, 2.75) is 26.4 Å². The molecule has 18 heavy (non-hydrogen) atoms. The predicted octanol–water partition coefficient (Wildman–Crippen LogP) is 1.91. The molecule has 0 unspecified atom stereocenters. The molecule has 0 saturated carbocycles. The molecule has 0 aliphatic carbocycles. The van der Waals surface area contributed by atoms with E-state index in [2.05, 4.69) is 0 Å². The Labute approximate surface area is 112 Å². The fourth-order valence-electron chi connectivity index (χ4n) is 1.59. The number of benzene rings is 1. The van der Waals surface area contributed by atoms with Crippen LogP contribution in [0, 0.1) is 11.3 Å². The van der Waals surface area contributed by atoms with Crippen molar-refractivity contribution in [3.63, 3.8) is 0 Å². The Bertz CT molecular complexity index is 480. The second-order valence-electron chi connectivity index (χ2n) is 4.38. The number of carbonyl (C=O) groups excluding carboxylic acids is 1. The number of nitrogens with two attached hydrogens (primary N) is 1. The quantitative estimate of drug-likeness (QED) is 0.884. The van der Waals surface area contributed by atoms with Crippen molar-refractivity contribution in [3.8, 4) is 6.07 Å². The van der Waals surface area contributed by atoms with Gasteiger partial charge in [0.15, 0.2) is 0 Å². The van der Waals surface area contributed by atoms with Gasteiger partial charge in [-0.15, -0.1) is 0 Å². The van der Waals surface area contributed by atoms with Crippen molar-refractivity contribution in [2.24, 2.45) is 5.73 Å². The summed E-state index contributed by atoms with van der Waals surface area (Å²) in [6, 6.07) is 7.36. The number of hydrogen-bond donors (Lipinski definition) is 1. The van der Waals surface area contributed by atoms with Crippen LogP contribution in [0.1, 0.15) is 25.0 Å². The molecule has 4 nitrogen and oxygen atoms in total. The average Bonchev–Trinajstić information content (AvgIpc) is 2.29. The van der Waals surface area contributed by atoms with Crippen LogP contribution < -0.4 is 5.73 Å². The Hall–Kier alpha value is -1.57. The summed E-state index contributed by atoms with van der Waals surface area (Å²) in [5.74, 6) is -0.367. The van der Waals surface area contributed by atoms with Gasteiger partial charge in [-0.25, -0.2) is 0 Å². The van der Waals surface area contributed by atoms with Gasteiger partial charge in [0.25, 0.3) is 0 Å². The standard InChI is InChI=1S/C13H16ClN3O/c1-9(2)17(8-13(16)18)7-11-4-3-10(6-15)5-12(11)14/h3-5,9H,7-8H2,1-2H3,(H2,16,18). The maximum atomic E-state index is 11.0. The van der Waals surface area contributed by atoms with E-state index >= 15 is 0 Å². The minimum Gasteiger partial charge on any atom is -0.369 e. The van der Waals surface area contributed by atoms with Gasteiger partial charge in [-0.3, -0.25) is 9.69 Å². The lowest BCUT2D eigenvalue weighted by Gasteiger charge is -2.25. The molecule has 0 fully saturated rings. The molecule has 0 saturated heterocycles. The highest BCUT2D eigenvalue weighted by molar-refractivity contribution is 6.31. The first-order chi connectivity index (χ1) is 8.43. The Morgan fingerprint density at radius 1 is 1.56 bits per heavy atom. The molecule has 0 aliphatic rings. The van der Waals surface area contributed by atoms with Crippen LogP contribution in [-0.2, 0) is 11.3 Å². The van der Waals surface area contributed by atoms with E-state index in [4.69, 9.17) is 22.6 Å². The molecule has 5 heteroatoms. The molecule has 0 aromatic heterocycles. The highest BCUT2D eigenvalue weighted by atomic mass is 35.5. The van der Waals surface area contributed by atoms with E-state index in [9.17, 15) is 4.79 Å². The normalized spacial score (nSPS) is 10.7. The summed E-state index contributed by atoms with van der Waals surface area (Å²) in [5.41, 5.74) is 6.61. The summed E-state index contributed by atoms with van der Waals surface area (Å²) >= 11 is 6.10. The van der Waals surface area contributed by atoms with E-state index in [-0.39, 0.29) is 18.5 Å². The zero-order valence-electron chi connectivity index (χ0n) is 10.5. The third-order valence-electron chi connectivity index (χ3n) is 2.64. The summed E-state index contributed by atoms with van der Waals surface area (Å²) in [6.07, 6.45) is 0. The summed E-state index contributed by atoms with van der Waals surface area (Å²) in [7, 11) is 0. The number of hydrogen-bond acceptors (Lipinski definition) is 3. The molecule has 1 amide bonds. The molecule has 0 spiro atoms. The first-order valence-electron chi connectivity index (χ1n) is 5.65. The van der Waals surface area contributed by atoms with Crippen LogP contribution in [-0.4, -0.2) is 23.4 Å². The lowest BCUT2D eigenvalue weighted by Crippen LogP contribution is -2.38. The Morgan fingerprint density at radius 2 is 2.22 bits per heavy atom. The molecule has 1 aromatic rings. The van der Waals surface area contributed by atoms with Crippen molar-refractivity contribution >= 4 is 17.5 Å². The number of primary amides is 1. The average molecular weight is 266 g/mol. The Morgan fingerprint density at radius 3 is 2.67 bits per heavy atom. The van der Waals surface area contributed by atoms with E-state index < -0.39 is 0 Å². The second-order valence-corrected chi connectivity index (χ2v) is 4.79. The molecular formula is C13H16ClN3O. The zero-order chi connectivity index (χ0) is 13.7. The summed E-state index contributed by atoms with van der Waals surface area (Å²) in [6.45, 7) is 4.69. The fraction of sp³-hybridized carbons (Fsp3) is 0.385. The molecule has 0 atom stereocenters. The smallest absolute Gasteiger partial charge is 0.231 e.